The predicted octanol–water partition coefficient (Wildman–Crippen LogP) is 23.0. The summed E-state index contributed by atoms with van der Waals surface area (Å²) in [4.78, 5) is -0.649. The molecule has 3 heteroatoms. The SMILES string of the molecule is CC.CC.CC.CC.CC.CC.CC.CC.CC.ClC(c1ccccc1)(c1ccccc1)c1ccccc1.N#CC(c1ccccc1)(c1ccccc1)c1ccccc1.OC(c1ccccc1)(c1ccccc1)c1ccccc1. The summed E-state index contributed by atoms with van der Waals surface area (Å²) in [5, 5.41) is 21.5. The van der Waals surface area contributed by atoms with Gasteiger partial charge in [-0.05, 0) is 50.1 Å². The number of nitrogens with zero attached hydrogens (tertiary/aromatic N) is 1. The van der Waals surface area contributed by atoms with Crippen molar-refractivity contribution in [3.05, 3.63) is 323 Å². The standard InChI is InChI=1S/C20H15N.C19H15Cl.C19H16O.9C2H6/c21-16-20(17-10-4-1-5-11-17,18-12-6-2-7-13-18)19-14-8-3-9-15-19;2*20-19(16-10-4-1-5-11-16,17-12-6-2-7-13-17)18-14-8-3-9-15-18;9*1-2/h1-15H;1-15H;1-15,20H;9*1-2H3. The average Bonchev–Trinajstić information content (AvgIpc) is 3.63. The molecular formula is C76H100ClNO. The second kappa shape index (κ2) is 49.0. The molecule has 422 valence electrons. The third-order valence-electron chi connectivity index (χ3n) is 10.9. The molecule has 79 heavy (non-hydrogen) atoms. The summed E-state index contributed by atoms with van der Waals surface area (Å²) < 4.78 is 0. The van der Waals surface area contributed by atoms with Gasteiger partial charge < -0.3 is 5.11 Å². The van der Waals surface area contributed by atoms with Crippen molar-refractivity contribution in [3.8, 4) is 6.07 Å². The van der Waals surface area contributed by atoms with Crippen LogP contribution < -0.4 is 0 Å². The lowest BCUT2D eigenvalue weighted by atomic mass is 9.71. The smallest absolute Gasteiger partial charge is 0.140 e. The molecule has 0 amide bonds. The number of halogens is 1. The van der Waals surface area contributed by atoms with Gasteiger partial charge in [-0.2, -0.15) is 5.26 Å². The molecule has 0 radical (unpaired) electrons. The Labute approximate surface area is 488 Å². The molecule has 0 heterocycles. The molecular weight excluding hydrogens is 978 g/mol. The first-order valence-corrected chi connectivity index (χ1v) is 29.7. The van der Waals surface area contributed by atoms with Crippen LogP contribution in [0.3, 0.4) is 0 Å². The van der Waals surface area contributed by atoms with Crippen LogP contribution in [0.2, 0.25) is 0 Å². The molecule has 9 aromatic rings. The fraction of sp³-hybridized carbons (Fsp3) is 0.276. The summed E-state index contributed by atoms with van der Waals surface area (Å²) >= 11 is 7.12. The second-order valence-electron chi connectivity index (χ2n) is 14.5. The van der Waals surface area contributed by atoms with Crippen molar-refractivity contribution in [1.29, 1.82) is 5.26 Å². The largest absolute Gasteiger partial charge is 0.376 e. The number of rotatable bonds is 9. The van der Waals surface area contributed by atoms with Gasteiger partial charge in [0.15, 0.2) is 0 Å². The number of nitriles is 1. The van der Waals surface area contributed by atoms with E-state index in [-0.39, 0.29) is 0 Å². The zero-order valence-corrected chi connectivity index (χ0v) is 52.5. The molecule has 0 aliphatic rings. The van der Waals surface area contributed by atoms with E-state index < -0.39 is 15.9 Å². The van der Waals surface area contributed by atoms with Gasteiger partial charge in [0.05, 0.1) is 6.07 Å². The third-order valence-corrected chi connectivity index (χ3v) is 11.5. The molecule has 9 rings (SSSR count). The number of aliphatic hydroxyl groups is 1. The van der Waals surface area contributed by atoms with Crippen LogP contribution in [-0.2, 0) is 15.9 Å². The lowest BCUT2D eigenvalue weighted by molar-refractivity contribution is 0.125. The van der Waals surface area contributed by atoms with E-state index in [1.54, 1.807) is 0 Å². The van der Waals surface area contributed by atoms with E-state index in [0.29, 0.717) is 0 Å². The molecule has 0 unspecified atom stereocenters. The zero-order valence-electron chi connectivity index (χ0n) is 51.8. The van der Waals surface area contributed by atoms with Crippen LogP contribution in [-0.4, -0.2) is 5.11 Å². The number of benzene rings is 9. The molecule has 0 fully saturated rings. The Morgan fingerprint density at radius 1 is 0.241 bits per heavy atom. The van der Waals surface area contributed by atoms with Crippen LogP contribution in [0.15, 0.2) is 273 Å². The minimum Gasteiger partial charge on any atom is -0.376 e. The van der Waals surface area contributed by atoms with Gasteiger partial charge in [-0.1, -0.05) is 398 Å². The van der Waals surface area contributed by atoms with Crippen LogP contribution in [0.1, 0.15) is 175 Å². The summed E-state index contributed by atoms with van der Waals surface area (Å²) in [6.45, 7) is 36.0. The fourth-order valence-electron chi connectivity index (χ4n) is 7.80. The minimum absolute atomic E-state index is 0.649. The van der Waals surface area contributed by atoms with Crippen molar-refractivity contribution in [3.63, 3.8) is 0 Å². The van der Waals surface area contributed by atoms with Crippen LogP contribution in [0.5, 0.6) is 0 Å². The van der Waals surface area contributed by atoms with Gasteiger partial charge in [0, 0.05) is 0 Å². The van der Waals surface area contributed by atoms with Crippen LogP contribution in [0, 0.1) is 11.3 Å². The molecule has 0 saturated heterocycles. The number of alkyl halides is 1. The Hall–Kier alpha value is -7.28. The molecule has 0 aromatic heterocycles. The van der Waals surface area contributed by atoms with Gasteiger partial charge in [-0.15, -0.1) is 11.6 Å². The maximum Gasteiger partial charge on any atom is 0.140 e. The molecule has 0 bridgehead atoms. The highest BCUT2D eigenvalue weighted by molar-refractivity contribution is 6.28. The molecule has 0 aliphatic carbocycles. The van der Waals surface area contributed by atoms with Gasteiger partial charge in [-0.3, -0.25) is 0 Å². The predicted molar refractivity (Wildman–Crippen MR) is 353 cm³/mol. The molecule has 0 spiro atoms. The van der Waals surface area contributed by atoms with E-state index in [0.717, 1.165) is 50.1 Å². The molecule has 0 saturated carbocycles. The van der Waals surface area contributed by atoms with Gasteiger partial charge in [0.1, 0.15) is 15.9 Å². The summed E-state index contributed by atoms with van der Waals surface area (Å²) in [6, 6.07) is 92.4. The van der Waals surface area contributed by atoms with Gasteiger partial charge in [0.25, 0.3) is 0 Å². The molecule has 9 aromatic carbocycles. The lowest BCUT2D eigenvalue weighted by Crippen LogP contribution is -2.28. The van der Waals surface area contributed by atoms with E-state index in [1.165, 1.54) is 0 Å². The zero-order chi connectivity index (χ0) is 60.2. The maximum absolute atomic E-state index is 11.4. The minimum atomic E-state index is -1.12. The van der Waals surface area contributed by atoms with E-state index in [4.69, 9.17) is 11.6 Å². The summed E-state index contributed by atoms with van der Waals surface area (Å²) in [6.07, 6.45) is 0. The van der Waals surface area contributed by atoms with E-state index in [2.05, 4.69) is 42.5 Å². The van der Waals surface area contributed by atoms with Crippen LogP contribution >= 0.6 is 11.6 Å². The Morgan fingerprint density at radius 3 is 0.506 bits per heavy atom. The monoisotopic (exact) mass is 1080 g/mol. The lowest BCUT2D eigenvalue weighted by Gasteiger charge is -2.30. The first-order chi connectivity index (χ1) is 39.0. The van der Waals surface area contributed by atoms with Gasteiger partial charge in [-0.25, -0.2) is 0 Å². The quantitative estimate of drug-likeness (QED) is 0.116. The van der Waals surface area contributed by atoms with Crippen molar-refractivity contribution < 1.29 is 5.11 Å². The van der Waals surface area contributed by atoms with Crippen molar-refractivity contribution in [2.24, 2.45) is 0 Å². The molecule has 1 N–H and O–H groups in total. The van der Waals surface area contributed by atoms with Crippen molar-refractivity contribution in [2.75, 3.05) is 0 Å². The summed E-state index contributed by atoms with van der Waals surface area (Å²) in [7, 11) is 0. The van der Waals surface area contributed by atoms with Gasteiger partial charge in [0.2, 0.25) is 0 Å². The fourth-order valence-corrected chi connectivity index (χ4v) is 8.18. The highest BCUT2D eigenvalue weighted by Gasteiger charge is 2.37. The molecule has 0 aliphatic heterocycles. The maximum atomic E-state index is 11.4. The van der Waals surface area contributed by atoms with Crippen molar-refractivity contribution in [1.82, 2.24) is 0 Å². The first kappa shape index (κ1) is 76.0. The van der Waals surface area contributed by atoms with Crippen LogP contribution in [0.4, 0.5) is 0 Å². The van der Waals surface area contributed by atoms with E-state index in [1.807, 2.05) is 361 Å². The second-order valence-corrected chi connectivity index (χ2v) is 15.1. The Bertz CT molecular complexity index is 2260. The average molecular weight is 1080 g/mol. The van der Waals surface area contributed by atoms with E-state index >= 15 is 0 Å². The third kappa shape index (κ3) is 22.5. The Kier molecular flexibility index (Phi) is 47.2. The summed E-state index contributed by atoms with van der Waals surface area (Å²) in [5.41, 5.74) is 6.94. The van der Waals surface area contributed by atoms with Crippen molar-refractivity contribution in [2.45, 2.75) is 141 Å². The number of hydrogen-bond acceptors (Lipinski definition) is 2. The number of hydrogen-bond donors (Lipinski definition) is 1. The highest BCUT2D eigenvalue weighted by atomic mass is 35.5. The first-order valence-electron chi connectivity index (χ1n) is 29.3. The van der Waals surface area contributed by atoms with Crippen LogP contribution in [0.25, 0.3) is 0 Å². The van der Waals surface area contributed by atoms with E-state index in [9.17, 15) is 10.4 Å². The highest BCUT2D eigenvalue weighted by Crippen LogP contribution is 2.43. The Morgan fingerprint density at radius 2 is 0.367 bits per heavy atom. The molecule has 2 nitrogen and oxygen atoms in total. The van der Waals surface area contributed by atoms with Gasteiger partial charge >= 0.3 is 0 Å². The Balaban J connectivity index is -0.000000957. The topological polar surface area (TPSA) is 44.0 Å². The van der Waals surface area contributed by atoms with Crippen molar-refractivity contribution >= 4 is 11.6 Å². The molecule has 0 atom stereocenters. The summed E-state index contributed by atoms with van der Waals surface area (Å²) in [5.74, 6) is 0. The normalized spacial score (nSPS) is 9.25.